The lowest BCUT2D eigenvalue weighted by Crippen LogP contribution is -2.22. The number of phenolic OH excluding ortho intramolecular Hbond substituents is 1. The molecule has 0 spiro atoms. The minimum atomic E-state index is -0.189. The Morgan fingerprint density at radius 1 is 1.17 bits per heavy atom. The molecule has 0 fully saturated rings. The van der Waals surface area contributed by atoms with Gasteiger partial charge in [-0.1, -0.05) is 30.3 Å². The summed E-state index contributed by atoms with van der Waals surface area (Å²) in [4.78, 5) is 11.9. The lowest BCUT2D eigenvalue weighted by molar-refractivity contribution is 0.0950. The molecule has 0 aliphatic heterocycles. The van der Waals surface area contributed by atoms with Crippen molar-refractivity contribution in [2.45, 2.75) is 6.54 Å². The molecule has 2 N–H and O–H groups in total. The highest BCUT2D eigenvalue weighted by molar-refractivity contribution is 14.1. The first kappa shape index (κ1) is 12.9. The van der Waals surface area contributed by atoms with Crippen LogP contribution in [-0.2, 0) is 6.54 Å². The van der Waals surface area contributed by atoms with Gasteiger partial charge in [0.15, 0.2) is 0 Å². The number of carbonyl (C=O) groups is 1. The monoisotopic (exact) mass is 353 g/mol. The van der Waals surface area contributed by atoms with Gasteiger partial charge in [-0.05, 0) is 46.4 Å². The molecule has 2 aromatic carbocycles. The molecule has 1 amide bonds. The van der Waals surface area contributed by atoms with Crippen LogP contribution in [0.1, 0.15) is 15.9 Å². The third-order valence-electron chi connectivity index (χ3n) is 2.50. The Kier molecular flexibility index (Phi) is 4.19. The zero-order valence-corrected chi connectivity index (χ0v) is 11.7. The van der Waals surface area contributed by atoms with E-state index >= 15 is 0 Å². The number of hydrogen-bond acceptors (Lipinski definition) is 2. The van der Waals surface area contributed by atoms with Gasteiger partial charge in [-0.25, -0.2) is 0 Å². The van der Waals surface area contributed by atoms with Gasteiger partial charge in [-0.3, -0.25) is 4.79 Å². The van der Waals surface area contributed by atoms with Crippen molar-refractivity contribution in [2.24, 2.45) is 0 Å². The standard InChI is InChI=1S/C14H12INO2/c15-12-7-6-11(8-13(12)17)14(18)16-9-10-4-2-1-3-5-10/h1-8,17H,9H2,(H,16,18). The summed E-state index contributed by atoms with van der Waals surface area (Å²) in [6.45, 7) is 0.479. The van der Waals surface area contributed by atoms with E-state index in [0.29, 0.717) is 12.1 Å². The van der Waals surface area contributed by atoms with Crippen LogP contribution in [-0.4, -0.2) is 11.0 Å². The smallest absolute Gasteiger partial charge is 0.251 e. The Bertz CT molecular complexity index is 555. The molecule has 0 aliphatic carbocycles. The molecule has 18 heavy (non-hydrogen) atoms. The lowest BCUT2D eigenvalue weighted by atomic mass is 10.2. The minimum absolute atomic E-state index is 0.128. The molecular formula is C14H12INO2. The normalized spacial score (nSPS) is 10.1. The number of rotatable bonds is 3. The van der Waals surface area contributed by atoms with Crippen LogP contribution in [0.3, 0.4) is 0 Å². The Labute approximate surface area is 119 Å². The fourth-order valence-corrected chi connectivity index (χ4v) is 1.87. The van der Waals surface area contributed by atoms with Crippen LogP contribution in [0.2, 0.25) is 0 Å². The van der Waals surface area contributed by atoms with E-state index in [1.807, 2.05) is 52.9 Å². The predicted molar refractivity (Wildman–Crippen MR) is 78.4 cm³/mol. The van der Waals surface area contributed by atoms with Crippen molar-refractivity contribution < 1.29 is 9.90 Å². The molecule has 0 saturated carbocycles. The highest BCUT2D eigenvalue weighted by Crippen LogP contribution is 2.20. The average molecular weight is 353 g/mol. The second-order valence-electron chi connectivity index (χ2n) is 3.83. The molecule has 0 heterocycles. The first-order chi connectivity index (χ1) is 8.66. The van der Waals surface area contributed by atoms with E-state index in [0.717, 1.165) is 9.13 Å². The number of halogens is 1. The van der Waals surface area contributed by atoms with Crippen LogP contribution in [0, 0.1) is 3.57 Å². The fraction of sp³-hybridized carbons (Fsp3) is 0.0714. The average Bonchev–Trinajstić information content (AvgIpc) is 2.40. The number of amides is 1. The van der Waals surface area contributed by atoms with Gasteiger partial charge >= 0.3 is 0 Å². The summed E-state index contributed by atoms with van der Waals surface area (Å²) < 4.78 is 0.729. The van der Waals surface area contributed by atoms with Crippen molar-refractivity contribution in [1.29, 1.82) is 0 Å². The van der Waals surface area contributed by atoms with Crippen LogP contribution in [0.4, 0.5) is 0 Å². The number of aromatic hydroxyl groups is 1. The molecule has 0 radical (unpaired) electrons. The Balaban J connectivity index is 2.02. The molecule has 0 saturated heterocycles. The van der Waals surface area contributed by atoms with Gasteiger partial charge in [0.25, 0.3) is 5.91 Å². The number of nitrogens with one attached hydrogen (secondary N) is 1. The molecule has 0 aliphatic rings. The van der Waals surface area contributed by atoms with Crippen molar-refractivity contribution in [2.75, 3.05) is 0 Å². The van der Waals surface area contributed by atoms with E-state index in [1.165, 1.54) is 6.07 Å². The second kappa shape index (κ2) is 5.86. The first-order valence-corrected chi connectivity index (χ1v) is 6.55. The van der Waals surface area contributed by atoms with Crippen LogP contribution in [0.25, 0.3) is 0 Å². The van der Waals surface area contributed by atoms with E-state index < -0.39 is 0 Å². The maximum Gasteiger partial charge on any atom is 0.251 e. The molecule has 3 nitrogen and oxygen atoms in total. The summed E-state index contributed by atoms with van der Waals surface area (Å²) in [6, 6.07) is 14.6. The summed E-state index contributed by atoms with van der Waals surface area (Å²) in [5.41, 5.74) is 1.50. The van der Waals surface area contributed by atoms with Crippen molar-refractivity contribution in [3.05, 3.63) is 63.2 Å². The third-order valence-corrected chi connectivity index (χ3v) is 3.42. The number of benzene rings is 2. The van der Waals surface area contributed by atoms with Gasteiger partial charge in [-0.15, -0.1) is 0 Å². The summed E-state index contributed by atoms with van der Waals surface area (Å²) >= 11 is 2.01. The quantitative estimate of drug-likeness (QED) is 0.834. The highest BCUT2D eigenvalue weighted by Gasteiger charge is 2.07. The molecule has 92 valence electrons. The largest absolute Gasteiger partial charge is 0.507 e. The summed E-state index contributed by atoms with van der Waals surface area (Å²) in [7, 11) is 0. The van der Waals surface area contributed by atoms with Crippen molar-refractivity contribution >= 4 is 28.5 Å². The maximum absolute atomic E-state index is 11.9. The Morgan fingerprint density at radius 2 is 1.89 bits per heavy atom. The molecule has 0 atom stereocenters. The Hall–Kier alpha value is -1.56. The first-order valence-electron chi connectivity index (χ1n) is 5.47. The van der Waals surface area contributed by atoms with Crippen LogP contribution < -0.4 is 5.32 Å². The van der Waals surface area contributed by atoms with Gasteiger partial charge in [0.1, 0.15) is 5.75 Å². The number of phenols is 1. The summed E-state index contributed by atoms with van der Waals surface area (Å²) in [5, 5.41) is 12.4. The molecule has 0 bridgehead atoms. The van der Waals surface area contributed by atoms with E-state index in [4.69, 9.17) is 0 Å². The van der Waals surface area contributed by atoms with E-state index in [-0.39, 0.29) is 11.7 Å². The Morgan fingerprint density at radius 3 is 2.56 bits per heavy atom. The highest BCUT2D eigenvalue weighted by atomic mass is 127. The topological polar surface area (TPSA) is 49.3 Å². The summed E-state index contributed by atoms with van der Waals surface area (Å²) in [5.74, 6) is -0.0616. The fourth-order valence-electron chi connectivity index (χ4n) is 1.53. The molecule has 4 heteroatoms. The molecule has 2 aromatic rings. The molecule has 2 rings (SSSR count). The number of carbonyl (C=O) groups excluding carboxylic acids is 1. The van der Waals surface area contributed by atoms with Crippen LogP contribution in [0.15, 0.2) is 48.5 Å². The second-order valence-corrected chi connectivity index (χ2v) is 5.00. The van der Waals surface area contributed by atoms with Crippen molar-refractivity contribution in [3.63, 3.8) is 0 Å². The van der Waals surface area contributed by atoms with Crippen molar-refractivity contribution in [1.82, 2.24) is 5.32 Å². The SMILES string of the molecule is O=C(NCc1ccccc1)c1ccc(I)c(O)c1. The van der Waals surface area contributed by atoms with E-state index in [1.54, 1.807) is 12.1 Å². The lowest BCUT2D eigenvalue weighted by Gasteiger charge is -2.06. The summed E-state index contributed by atoms with van der Waals surface area (Å²) in [6.07, 6.45) is 0. The van der Waals surface area contributed by atoms with Gasteiger partial charge in [0, 0.05) is 12.1 Å². The minimum Gasteiger partial charge on any atom is -0.507 e. The van der Waals surface area contributed by atoms with Gasteiger partial charge < -0.3 is 10.4 Å². The van der Waals surface area contributed by atoms with Gasteiger partial charge in [0.05, 0.1) is 3.57 Å². The molecule has 0 aromatic heterocycles. The zero-order chi connectivity index (χ0) is 13.0. The van der Waals surface area contributed by atoms with Crippen molar-refractivity contribution in [3.8, 4) is 5.75 Å². The van der Waals surface area contributed by atoms with Gasteiger partial charge in [-0.2, -0.15) is 0 Å². The maximum atomic E-state index is 11.9. The predicted octanol–water partition coefficient (Wildman–Crippen LogP) is 2.93. The van der Waals surface area contributed by atoms with E-state index in [9.17, 15) is 9.90 Å². The van der Waals surface area contributed by atoms with Crippen LogP contribution in [0.5, 0.6) is 5.75 Å². The molecule has 0 unspecified atom stereocenters. The van der Waals surface area contributed by atoms with Crippen LogP contribution >= 0.6 is 22.6 Å². The number of hydrogen-bond donors (Lipinski definition) is 2. The van der Waals surface area contributed by atoms with E-state index in [2.05, 4.69) is 5.32 Å². The zero-order valence-electron chi connectivity index (χ0n) is 9.56. The molecular weight excluding hydrogens is 341 g/mol. The van der Waals surface area contributed by atoms with Gasteiger partial charge in [0.2, 0.25) is 0 Å². The third kappa shape index (κ3) is 3.22.